The van der Waals surface area contributed by atoms with E-state index in [9.17, 15) is 13.7 Å². The van der Waals surface area contributed by atoms with Crippen molar-refractivity contribution in [3.05, 3.63) is 0 Å². The summed E-state index contributed by atoms with van der Waals surface area (Å²) in [6.45, 7) is 7.00. The van der Waals surface area contributed by atoms with Gasteiger partial charge in [0.05, 0.1) is 6.61 Å². The summed E-state index contributed by atoms with van der Waals surface area (Å²) in [5.74, 6) is 0. The van der Waals surface area contributed by atoms with Gasteiger partial charge in [0, 0.05) is 17.8 Å². The second-order valence-corrected chi connectivity index (χ2v) is 12.7. The molecule has 1 radical (unpaired) electrons. The van der Waals surface area contributed by atoms with Gasteiger partial charge in [0.25, 0.3) is 0 Å². The van der Waals surface area contributed by atoms with E-state index in [0.717, 1.165) is 64.2 Å². The molecule has 0 spiro atoms. The van der Waals surface area contributed by atoms with Crippen LogP contribution in [0.3, 0.4) is 0 Å². The average molecular weight is 616 g/mol. The van der Waals surface area contributed by atoms with Crippen molar-refractivity contribution in [1.82, 2.24) is 0 Å². The van der Waals surface area contributed by atoms with E-state index in [0.29, 0.717) is 6.42 Å². The molecule has 0 aliphatic heterocycles. The second kappa shape index (κ2) is 28.7. The van der Waals surface area contributed by atoms with Gasteiger partial charge in [0.15, 0.2) is 0 Å². The first kappa shape index (κ1) is 38.9. The van der Waals surface area contributed by atoms with Crippen LogP contribution in [-0.4, -0.2) is 19.8 Å². The molecule has 0 fully saturated rings. The van der Waals surface area contributed by atoms with Gasteiger partial charge in [-0.3, -0.25) is 4.52 Å². The van der Waals surface area contributed by atoms with E-state index in [4.69, 9.17) is 22.2 Å². The molecular weight excluding hydrogens is 565 g/mol. The maximum Gasteiger partial charge on any atom is 3.00 e. The Balaban J connectivity index is 0. The fourth-order valence-corrected chi connectivity index (χ4v) is 6.73. The molecule has 0 bridgehead atoms. The number of rotatable bonds is 28. The minimum atomic E-state index is -4.35. The smallest absolute Gasteiger partial charge is 0.282 e. The molecule has 2 unspecified atom stereocenters. The first-order valence-electron chi connectivity index (χ1n) is 13.8. The zero-order valence-electron chi connectivity index (χ0n) is 22.8. The summed E-state index contributed by atoms with van der Waals surface area (Å²) in [6.07, 6.45) is 18.7. The van der Waals surface area contributed by atoms with Gasteiger partial charge < -0.3 is 0 Å². The van der Waals surface area contributed by atoms with Gasteiger partial charge in [-0.1, -0.05) is 117 Å². The summed E-state index contributed by atoms with van der Waals surface area (Å²) >= 11 is 0. The first-order chi connectivity index (χ1) is 17.0. The van der Waals surface area contributed by atoms with Crippen molar-refractivity contribution in [3.8, 4) is 0 Å². The molecule has 0 saturated carbocycles. The largest absolute Gasteiger partial charge is 3.00 e. The van der Waals surface area contributed by atoms with Crippen LogP contribution < -0.4 is 0 Å². The topological polar surface area (TPSA) is 97.4 Å². The Kier molecular flexibility index (Phi) is 31.1. The van der Waals surface area contributed by atoms with E-state index in [1.165, 1.54) is 44.9 Å². The van der Waals surface area contributed by atoms with E-state index in [-0.39, 0.29) is 36.9 Å². The van der Waals surface area contributed by atoms with Crippen molar-refractivity contribution in [2.75, 3.05) is 19.8 Å². The Labute approximate surface area is 233 Å². The van der Waals surface area contributed by atoms with Crippen molar-refractivity contribution < 1.29 is 53.0 Å². The molecule has 0 aliphatic rings. The molecule has 0 aromatic rings. The van der Waals surface area contributed by atoms with Crippen LogP contribution in [0.5, 0.6) is 0 Å². The standard InChI is InChI=1S/C24H51O8P3.Fe/c1-4-7-10-13-16-19-22-28-33(25)31-35(27,30-24-21-18-15-12-9-6-3)32-34(26)29-23-20-17-14-11-8-5-2;/h4-24H2,1-3H3;/q+2;+3. The van der Waals surface area contributed by atoms with Crippen LogP contribution in [0.2, 0.25) is 0 Å². The van der Waals surface area contributed by atoms with E-state index >= 15 is 0 Å². The zero-order chi connectivity index (χ0) is 26.0. The van der Waals surface area contributed by atoms with Gasteiger partial charge in [-0.05, 0) is 19.3 Å². The van der Waals surface area contributed by atoms with Crippen LogP contribution in [-0.2, 0) is 53.0 Å². The molecule has 12 heteroatoms. The predicted molar refractivity (Wildman–Crippen MR) is 143 cm³/mol. The van der Waals surface area contributed by atoms with Crippen molar-refractivity contribution in [3.63, 3.8) is 0 Å². The fourth-order valence-electron chi connectivity index (χ4n) is 3.37. The third-order valence-corrected chi connectivity index (χ3v) is 9.42. The van der Waals surface area contributed by atoms with Crippen LogP contribution in [0.4, 0.5) is 0 Å². The van der Waals surface area contributed by atoms with Crippen LogP contribution in [0.1, 0.15) is 136 Å². The van der Waals surface area contributed by atoms with Crippen molar-refractivity contribution >= 4 is 24.3 Å². The predicted octanol–water partition coefficient (Wildman–Crippen LogP) is 10.6. The molecule has 0 aromatic heterocycles. The summed E-state index contributed by atoms with van der Waals surface area (Å²) in [5, 5.41) is 0. The average Bonchev–Trinajstić information content (AvgIpc) is 2.82. The number of unbranched alkanes of at least 4 members (excludes halogenated alkanes) is 15. The SMILES string of the molecule is CCCCCCCCO[P+](=O)OP(=O)(OCCCCCCCC)O[P+](=O)OCCCCCCCC.[Fe+3]. The Morgan fingerprint density at radius 2 is 0.806 bits per heavy atom. The van der Waals surface area contributed by atoms with E-state index in [1.807, 2.05) is 0 Å². The Morgan fingerprint density at radius 1 is 0.500 bits per heavy atom. The number of hydrogen-bond donors (Lipinski definition) is 0. The van der Waals surface area contributed by atoms with Crippen LogP contribution in [0.15, 0.2) is 0 Å². The van der Waals surface area contributed by atoms with Crippen molar-refractivity contribution in [2.45, 2.75) is 136 Å². The molecule has 0 aromatic carbocycles. The molecule has 213 valence electrons. The molecule has 0 aliphatic carbocycles. The Bertz CT molecular complexity index is 533. The Hall–Kier alpha value is 0.749. The van der Waals surface area contributed by atoms with E-state index in [2.05, 4.69) is 20.8 Å². The second-order valence-electron chi connectivity index (χ2n) is 8.86. The zero-order valence-corrected chi connectivity index (χ0v) is 26.6. The van der Waals surface area contributed by atoms with Crippen LogP contribution in [0, 0.1) is 0 Å². The molecule has 0 N–H and O–H groups in total. The third-order valence-electron chi connectivity index (χ3n) is 5.47. The summed E-state index contributed by atoms with van der Waals surface area (Å²) in [4.78, 5) is 0. The summed E-state index contributed by atoms with van der Waals surface area (Å²) in [5.41, 5.74) is 0. The van der Waals surface area contributed by atoms with E-state index in [1.54, 1.807) is 0 Å². The minimum Gasteiger partial charge on any atom is -0.282 e. The van der Waals surface area contributed by atoms with Crippen molar-refractivity contribution in [1.29, 1.82) is 0 Å². The normalized spacial score (nSPS) is 13.8. The molecule has 2 atom stereocenters. The van der Waals surface area contributed by atoms with E-state index < -0.39 is 24.3 Å². The summed E-state index contributed by atoms with van der Waals surface area (Å²) < 4.78 is 63.0. The molecule has 8 nitrogen and oxygen atoms in total. The van der Waals surface area contributed by atoms with Gasteiger partial charge in [0.2, 0.25) is 0 Å². The summed E-state index contributed by atoms with van der Waals surface area (Å²) in [6, 6.07) is 0. The van der Waals surface area contributed by atoms with Gasteiger partial charge in [-0.2, -0.15) is 0 Å². The molecule has 0 rings (SSSR count). The minimum absolute atomic E-state index is 0. The quantitative estimate of drug-likeness (QED) is 0.0487. The van der Waals surface area contributed by atoms with Gasteiger partial charge in [-0.15, -0.1) is 9.05 Å². The first-order valence-corrected chi connectivity index (χ1v) is 17.5. The van der Waals surface area contributed by atoms with Gasteiger partial charge in [-0.25, -0.2) is 4.57 Å². The van der Waals surface area contributed by atoms with Crippen LogP contribution >= 0.6 is 24.3 Å². The number of phosphoric acid groups is 1. The molecular formula is C24H51FeO8P3+5. The maximum atomic E-state index is 13.0. The number of hydrogen-bond acceptors (Lipinski definition) is 8. The van der Waals surface area contributed by atoms with Gasteiger partial charge in [0.1, 0.15) is 13.2 Å². The maximum absolute atomic E-state index is 13.0. The molecule has 0 saturated heterocycles. The molecule has 36 heavy (non-hydrogen) atoms. The monoisotopic (exact) mass is 616 g/mol. The fraction of sp³-hybridized carbons (Fsp3) is 1.00. The van der Waals surface area contributed by atoms with Crippen molar-refractivity contribution in [2.24, 2.45) is 0 Å². The Morgan fingerprint density at radius 3 is 1.17 bits per heavy atom. The van der Waals surface area contributed by atoms with Gasteiger partial charge >= 0.3 is 41.4 Å². The molecule has 0 amide bonds. The molecule has 0 heterocycles. The van der Waals surface area contributed by atoms with Crippen LogP contribution in [0.25, 0.3) is 0 Å². The third kappa shape index (κ3) is 26.4. The summed E-state index contributed by atoms with van der Waals surface area (Å²) in [7, 11) is -9.81.